The molecule has 8 aromatic carbocycles. The van der Waals surface area contributed by atoms with Crippen LogP contribution in [0, 0.1) is 0 Å². The van der Waals surface area contributed by atoms with Crippen LogP contribution in [0.1, 0.15) is 0 Å². The van der Waals surface area contributed by atoms with Gasteiger partial charge in [-0.3, -0.25) is 0 Å². The molecule has 0 unspecified atom stereocenters. The van der Waals surface area contributed by atoms with E-state index in [1.54, 1.807) is 0 Å². The fourth-order valence-corrected chi connectivity index (χ4v) is 8.15. The molecule has 0 aliphatic heterocycles. The highest BCUT2D eigenvalue weighted by atomic mass is 16.3. The summed E-state index contributed by atoms with van der Waals surface area (Å²) in [6.45, 7) is 0. The van der Waals surface area contributed by atoms with Crippen molar-refractivity contribution in [2.75, 3.05) is 0 Å². The first kappa shape index (κ1) is 31.9. The van der Waals surface area contributed by atoms with Gasteiger partial charge in [-0.05, 0) is 76.9 Å². The number of rotatable bonds is 6. The fraction of sp³-hybridized carbons (Fsp3) is 0. The van der Waals surface area contributed by atoms with Crippen LogP contribution in [-0.4, -0.2) is 14.5 Å². The lowest BCUT2D eigenvalue weighted by molar-refractivity contribution is 0.669. The summed E-state index contributed by atoms with van der Waals surface area (Å²) in [6, 6.07) is 70.3. The molecule has 3 aromatic heterocycles. The second kappa shape index (κ2) is 13.1. The maximum absolute atomic E-state index is 6.62. The molecule has 3 heterocycles. The van der Waals surface area contributed by atoms with E-state index in [9.17, 15) is 0 Å². The lowest BCUT2D eigenvalue weighted by Gasteiger charge is -2.12. The summed E-state index contributed by atoms with van der Waals surface area (Å²) in [5.74, 6) is 0.643. The maximum atomic E-state index is 6.62. The van der Waals surface area contributed by atoms with Gasteiger partial charge in [0.15, 0.2) is 5.82 Å². The molecule has 0 spiro atoms. The zero-order valence-electron chi connectivity index (χ0n) is 30.3. The number of benzene rings is 8. The molecule has 0 aliphatic carbocycles. The van der Waals surface area contributed by atoms with Crippen LogP contribution in [0.4, 0.5) is 0 Å². The van der Waals surface area contributed by atoms with Gasteiger partial charge in [0.2, 0.25) is 0 Å². The smallest absolute Gasteiger partial charge is 0.160 e. The Labute approximate surface area is 323 Å². The normalized spacial score (nSPS) is 11.6. The van der Waals surface area contributed by atoms with Crippen LogP contribution in [-0.2, 0) is 0 Å². The van der Waals surface area contributed by atoms with Crippen molar-refractivity contribution < 1.29 is 4.42 Å². The van der Waals surface area contributed by atoms with Gasteiger partial charge < -0.3 is 8.98 Å². The quantitative estimate of drug-likeness (QED) is 0.172. The molecule has 11 rings (SSSR count). The van der Waals surface area contributed by atoms with E-state index in [2.05, 4.69) is 156 Å². The van der Waals surface area contributed by atoms with Gasteiger partial charge in [-0.25, -0.2) is 9.97 Å². The molecule has 0 aliphatic rings. The summed E-state index contributed by atoms with van der Waals surface area (Å²) < 4.78 is 9.00. The van der Waals surface area contributed by atoms with Crippen LogP contribution in [0.3, 0.4) is 0 Å². The predicted octanol–water partition coefficient (Wildman–Crippen LogP) is 13.8. The number of aromatic nitrogens is 3. The molecule has 0 N–H and O–H groups in total. The molecule has 0 radical (unpaired) electrons. The molecule has 56 heavy (non-hydrogen) atoms. The van der Waals surface area contributed by atoms with Gasteiger partial charge in [0.05, 0.1) is 22.4 Å². The number of para-hydroxylation sites is 2. The van der Waals surface area contributed by atoms with E-state index in [4.69, 9.17) is 14.4 Å². The number of fused-ring (bicyclic) bond motifs is 6. The van der Waals surface area contributed by atoms with Crippen LogP contribution < -0.4 is 0 Å². The first-order valence-electron chi connectivity index (χ1n) is 18.9. The maximum Gasteiger partial charge on any atom is 0.160 e. The van der Waals surface area contributed by atoms with Crippen LogP contribution in [0.2, 0.25) is 0 Å². The Morgan fingerprint density at radius 2 is 0.964 bits per heavy atom. The molecule has 262 valence electrons. The summed E-state index contributed by atoms with van der Waals surface area (Å²) >= 11 is 0. The Hall–Kier alpha value is -7.56. The van der Waals surface area contributed by atoms with Gasteiger partial charge >= 0.3 is 0 Å². The number of hydrogen-bond acceptors (Lipinski definition) is 3. The average Bonchev–Trinajstić information content (AvgIpc) is 3.82. The summed E-state index contributed by atoms with van der Waals surface area (Å²) in [4.78, 5) is 10.4. The second-order valence-corrected chi connectivity index (χ2v) is 14.2. The molecule has 0 fully saturated rings. The SMILES string of the molecule is c1ccc(-c2ccc3c4cc(-c5cc(-c6nc(-c7ccccc7)cc(-c7ccccc7)n6)cc6oc7ccccc7c56)ccc4n(-c4ccccc4)c3c2)cc1. The van der Waals surface area contributed by atoms with Gasteiger partial charge in [-0.15, -0.1) is 0 Å². The lowest BCUT2D eigenvalue weighted by Crippen LogP contribution is -1.96. The molecule has 0 saturated heterocycles. The minimum atomic E-state index is 0.643. The average molecular weight is 716 g/mol. The Morgan fingerprint density at radius 1 is 0.357 bits per heavy atom. The molecule has 0 amide bonds. The van der Waals surface area contributed by atoms with E-state index in [-0.39, 0.29) is 0 Å². The van der Waals surface area contributed by atoms with Gasteiger partial charge in [-0.2, -0.15) is 0 Å². The first-order valence-corrected chi connectivity index (χ1v) is 18.9. The highest BCUT2D eigenvalue weighted by molar-refractivity contribution is 6.16. The van der Waals surface area contributed by atoms with E-state index in [0.717, 1.165) is 77.9 Å². The van der Waals surface area contributed by atoms with Crippen molar-refractivity contribution in [3.63, 3.8) is 0 Å². The van der Waals surface area contributed by atoms with E-state index in [1.165, 1.54) is 21.9 Å². The third-order valence-corrected chi connectivity index (χ3v) is 10.8. The number of hydrogen-bond donors (Lipinski definition) is 0. The van der Waals surface area contributed by atoms with Gasteiger partial charge in [0.1, 0.15) is 11.2 Å². The van der Waals surface area contributed by atoms with Crippen molar-refractivity contribution in [1.29, 1.82) is 0 Å². The van der Waals surface area contributed by atoms with E-state index >= 15 is 0 Å². The van der Waals surface area contributed by atoms with Gasteiger partial charge in [-0.1, -0.05) is 146 Å². The van der Waals surface area contributed by atoms with Gasteiger partial charge in [0.25, 0.3) is 0 Å². The number of nitrogens with zero attached hydrogens (tertiary/aromatic N) is 3. The van der Waals surface area contributed by atoms with Crippen molar-refractivity contribution in [2.45, 2.75) is 0 Å². The molecule has 0 saturated carbocycles. The minimum Gasteiger partial charge on any atom is -0.456 e. The minimum absolute atomic E-state index is 0.643. The predicted molar refractivity (Wildman–Crippen MR) is 231 cm³/mol. The standard InChI is InChI=1S/C52H33N3O/c1-5-15-34(16-6-1)37-25-27-41-44-29-38(26-28-47(44)55(48(41)31-37)40-21-11-4-12-22-40)43-30-39(32-50-51(43)42-23-13-14-24-49(42)56-50)52-53-45(35-17-7-2-8-18-35)33-46(54-52)36-19-9-3-10-20-36/h1-33H. The monoisotopic (exact) mass is 715 g/mol. The van der Waals surface area contributed by atoms with E-state index in [1.807, 2.05) is 48.5 Å². The van der Waals surface area contributed by atoms with Gasteiger partial charge in [0, 0.05) is 43.9 Å². The molecule has 0 atom stereocenters. The molecule has 4 nitrogen and oxygen atoms in total. The lowest BCUT2D eigenvalue weighted by atomic mass is 9.95. The van der Waals surface area contributed by atoms with Crippen molar-refractivity contribution in [3.05, 3.63) is 200 Å². The highest BCUT2D eigenvalue weighted by Gasteiger charge is 2.20. The topological polar surface area (TPSA) is 43.9 Å². The van der Waals surface area contributed by atoms with Crippen molar-refractivity contribution in [2.24, 2.45) is 0 Å². The van der Waals surface area contributed by atoms with Crippen LogP contribution in [0.25, 0.3) is 106 Å². The van der Waals surface area contributed by atoms with Crippen molar-refractivity contribution in [1.82, 2.24) is 14.5 Å². The molecular formula is C52H33N3O. The highest BCUT2D eigenvalue weighted by Crippen LogP contribution is 2.43. The van der Waals surface area contributed by atoms with Crippen molar-refractivity contribution >= 4 is 43.7 Å². The van der Waals surface area contributed by atoms with E-state index < -0.39 is 0 Å². The summed E-state index contributed by atoms with van der Waals surface area (Å²) in [5.41, 5.74) is 14.3. The summed E-state index contributed by atoms with van der Waals surface area (Å²) in [6.07, 6.45) is 0. The second-order valence-electron chi connectivity index (χ2n) is 14.2. The van der Waals surface area contributed by atoms with Crippen molar-refractivity contribution in [3.8, 4) is 61.8 Å². The zero-order chi connectivity index (χ0) is 37.0. The summed E-state index contributed by atoms with van der Waals surface area (Å²) in [5, 5.41) is 4.53. The Kier molecular flexibility index (Phi) is 7.46. The molecule has 4 heteroatoms. The third kappa shape index (κ3) is 5.39. The Balaban J connectivity index is 1.17. The van der Waals surface area contributed by atoms with Crippen LogP contribution in [0.5, 0.6) is 0 Å². The fourth-order valence-electron chi connectivity index (χ4n) is 8.15. The largest absolute Gasteiger partial charge is 0.456 e. The zero-order valence-corrected chi connectivity index (χ0v) is 30.3. The summed E-state index contributed by atoms with van der Waals surface area (Å²) in [7, 11) is 0. The van der Waals surface area contributed by atoms with Crippen LogP contribution >= 0.6 is 0 Å². The Bertz CT molecular complexity index is 3160. The number of furan rings is 1. The molecular weight excluding hydrogens is 683 g/mol. The van der Waals surface area contributed by atoms with E-state index in [0.29, 0.717) is 5.82 Å². The first-order chi connectivity index (χ1) is 27.7. The Morgan fingerprint density at radius 3 is 1.66 bits per heavy atom. The van der Waals surface area contributed by atoms with Crippen LogP contribution in [0.15, 0.2) is 205 Å². The molecule has 11 aromatic rings. The third-order valence-electron chi connectivity index (χ3n) is 10.8. The molecule has 0 bridgehead atoms.